The molecule has 0 saturated heterocycles. The number of aryl methyl sites for hydroxylation is 2. The van der Waals surface area contributed by atoms with Gasteiger partial charge in [0.25, 0.3) is 0 Å². The maximum absolute atomic E-state index is 5.58. The summed E-state index contributed by atoms with van der Waals surface area (Å²) in [6.45, 7) is 2.08. The molecule has 14 heavy (non-hydrogen) atoms. The molecule has 2 rings (SSSR count). The maximum Gasteiger partial charge on any atom is 0.180 e. The van der Waals surface area contributed by atoms with Gasteiger partial charge in [0.15, 0.2) is 5.13 Å². The van der Waals surface area contributed by atoms with Crippen molar-refractivity contribution in [1.82, 2.24) is 14.8 Å². The number of anilines is 1. The van der Waals surface area contributed by atoms with Crippen LogP contribution in [0.25, 0.3) is 11.4 Å². The van der Waals surface area contributed by atoms with Gasteiger partial charge in [-0.05, 0) is 12.5 Å². The SMILES string of the molecule is CCc1cc(-c2csc(N)n2)n(C)n1. The lowest BCUT2D eigenvalue weighted by Gasteiger charge is -1.94. The van der Waals surface area contributed by atoms with Crippen molar-refractivity contribution in [2.24, 2.45) is 7.05 Å². The van der Waals surface area contributed by atoms with Gasteiger partial charge in [0.05, 0.1) is 11.4 Å². The Hall–Kier alpha value is -1.36. The first-order chi connectivity index (χ1) is 6.70. The third-order valence-corrected chi connectivity index (χ3v) is 2.75. The number of rotatable bonds is 2. The molecule has 2 N–H and O–H groups in total. The average molecular weight is 208 g/mol. The van der Waals surface area contributed by atoms with Crippen LogP contribution in [0.1, 0.15) is 12.6 Å². The molecule has 0 aliphatic rings. The van der Waals surface area contributed by atoms with Crippen LogP contribution in [0.3, 0.4) is 0 Å². The molecular formula is C9H12N4S. The molecule has 0 aromatic carbocycles. The second-order valence-electron chi connectivity index (χ2n) is 3.07. The molecule has 4 nitrogen and oxygen atoms in total. The lowest BCUT2D eigenvalue weighted by molar-refractivity contribution is 0.751. The molecule has 2 heterocycles. The summed E-state index contributed by atoms with van der Waals surface area (Å²) in [6, 6.07) is 2.05. The van der Waals surface area contributed by atoms with E-state index in [2.05, 4.69) is 23.1 Å². The van der Waals surface area contributed by atoms with Crippen LogP contribution in [0, 0.1) is 0 Å². The van der Waals surface area contributed by atoms with Crippen LogP contribution in [-0.4, -0.2) is 14.8 Å². The minimum Gasteiger partial charge on any atom is -0.375 e. The summed E-state index contributed by atoms with van der Waals surface area (Å²) in [5.74, 6) is 0. The third kappa shape index (κ3) is 1.50. The van der Waals surface area contributed by atoms with Crippen molar-refractivity contribution in [2.75, 3.05) is 5.73 Å². The molecule has 74 valence electrons. The van der Waals surface area contributed by atoms with Gasteiger partial charge in [0.1, 0.15) is 5.69 Å². The Kier molecular flexibility index (Phi) is 2.25. The van der Waals surface area contributed by atoms with Crippen molar-refractivity contribution in [1.29, 1.82) is 0 Å². The zero-order valence-electron chi connectivity index (χ0n) is 8.19. The Labute approximate surface area is 86.4 Å². The number of nitrogen functional groups attached to an aromatic ring is 1. The highest BCUT2D eigenvalue weighted by atomic mass is 32.1. The maximum atomic E-state index is 5.58. The predicted molar refractivity (Wildman–Crippen MR) is 58.1 cm³/mol. The minimum atomic E-state index is 0.597. The lowest BCUT2D eigenvalue weighted by atomic mass is 10.3. The van der Waals surface area contributed by atoms with E-state index >= 15 is 0 Å². The van der Waals surface area contributed by atoms with E-state index < -0.39 is 0 Å². The first kappa shape index (κ1) is 9.21. The zero-order valence-corrected chi connectivity index (χ0v) is 9.01. The van der Waals surface area contributed by atoms with Crippen LogP contribution in [0.4, 0.5) is 5.13 Å². The van der Waals surface area contributed by atoms with Gasteiger partial charge in [0.2, 0.25) is 0 Å². The molecule has 0 atom stereocenters. The number of hydrogen-bond donors (Lipinski definition) is 1. The molecule has 2 aromatic rings. The molecule has 0 amide bonds. The Balaban J connectivity index is 2.45. The van der Waals surface area contributed by atoms with Gasteiger partial charge in [-0.25, -0.2) is 4.98 Å². The molecule has 0 radical (unpaired) electrons. The number of thiazole rings is 1. The fraction of sp³-hybridized carbons (Fsp3) is 0.333. The second kappa shape index (κ2) is 3.42. The van der Waals surface area contributed by atoms with E-state index in [9.17, 15) is 0 Å². The molecule has 5 heteroatoms. The molecule has 0 bridgehead atoms. The van der Waals surface area contributed by atoms with Gasteiger partial charge in [0, 0.05) is 12.4 Å². The van der Waals surface area contributed by atoms with Crippen molar-refractivity contribution >= 4 is 16.5 Å². The highest BCUT2D eigenvalue weighted by Gasteiger charge is 2.08. The van der Waals surface area contributed by atoms with E-state index in [-0.39, 0.29) is 0 Å². The molecular weight excluding hydrogens is 196 g/mol. The summed E-state index contributed by atoms with van der Waals surface area (Å²) >= 11 is 1.45. The summed E-state index contributed by atoms with van der Waals surface area (Å²) < 4.78 is 1.84. The Morgan fingerprint density at radius 2 is 2.36 bits per heavy atom. The normalized spacial score (nSPS) is 10.7. The highest BCUT2D eigenvalue weighted by Crippen LogP contribution is 2.23. The van der Waals surface area contributed by atoms with E-state index in [0.717, 1.165) is 23.5 Å². The van der Waals surface area contributed by atoms with Gasteiger partial charge < -0.3 is 5.73 Å². The molecule has 0 fully saturated rings. The fourth-order valence-corrected chi connectivity index (χ4v) is 1.90. The standard InChI is InChI=1S/C9H12N4S/c1-3-6-4-8(13(2)12-6)7-5-14-9(10)11-7/h4-5H,3H2,1-2H3,(H2,10,11). The van der Waals surface area contributed by atoms with E-state index in [1.54, 1.807) is 0 Å². The Morgan fingerprint density at radius 1 is 1.57 bits per heavy atom. The lowest BCUT2D eigenvalue weighted by Crippen LogP contribution is -1.94. The molecule has 2 aromatic heterocycles. The van der Waals surface area contributed by atoms with E-state index in [4.69, 9.17) is 5.73 Å². The zero-order chi connectivity index (χ0) is 10.1. The van der Waals surface area contributed by atoms with Crippen LogP contribution in [0.2, 0.25) is 0 Å². The largest absolute Gasteiger partial charge is 0.375 e. The van der Waals surface area contributed by atoms with Crippen molar-refractivity contribution in [3.05, 3.63) is 17.1 Å². The van der Waals surface area contributed by atoms with Crippen LogP contribution < -0.4 is 5.73 Å². The fourth-order valence-electron chi connectivity index (χ4n) is 1.34. The van der Waals surface area contributed by atoms with E-state index in [0.29, 0.717) is 5.13 Å². The monoisotopic (exact) mass is 208 g/mol. The predicted octanol–water partition coefficient (Wildman–Crippen LogP) is 1.69. The minimum absolute atomic E-state index is 0.597. The smallest absolute Gasteiger partial charge is 0.180 e. The summed E-state index contributed by atoms with van der Waals surface area (Å²) in [4.78, 5) is 4.22. The van der Waals surface area contributed by atoms with Gasteiger partial charge in [-0.3, -0.25) is 4.68 Å². The molecule has 0 saturated carbocycles. The summed E-state index contributed by atoms with van der Waals surface area (Å²) in [5, 5.41) is 6.90. The number of nitrogens with zero attached hydrogens (tertiary/aromatic N) is 3. The third-order valence-electron chi connectivity index (χ3n) is 2.08. The summed E-state index contributed by atoms with van der Waals surface area (Å²) in [7, 11) is 1.92. The van der Waals surface area contributed by atoms with Gasteiger partial charge in [-0.1, -0.05) is 6.92 Å². The Morgan fingerprint density at radius 3 is 2.86 bits per heavy atom. The molecule has 0 aliphatic heterocycles. The first-order valence-electron chi connectivity index (χ1n) is 4.45. The quantitative estimate of drug-likeness (QED) is 0.817. The second-order valence-corrected chi connectivity index (χ2v) is 3.96. The van der Waals surface area contributed by atoms with Crippen molar-refractivity contribution < 1.29 is 0 Å². The first-order valence-corrected chi connectivity index (χ1v) is 5.33. The van der Waals surface area contributed by atoms with Crippen LogP contribution in [0.15, 0.2) is 11.4 Å². The number of aromatic nitrogens is 3. The van der Waals surface area contributed by atoms with E-state index in [1.165, 1.54) is 11.3 Å². The van der Waals surface area contributed by atoms with Crippen molar-refractivity contribution in [2.45, 2.75) is 13.3 Å². The summed E-state index contributed by atoms with van der Waals surface area (Å²) in [6.07, 6.45) is 0.938. The molecule has 0 aliphatic carbocycles. The van der Waals surface area contributed by atoms with Crippen LogP contribution in [0.5, 0.6) is 0 Å². The Bertz CT molecular complexity index is 443. The van der Waals surface area contributed by atoms with Crippen LogP contribution >= 0.6 is 11.3 Å². The number of hydrogen-bond acceptors (Lipinski definition) is 4. The number of nitrogens with two attached hydrogens (primary N) is 1. The van der Waals surface area contributed by atoms with Gasteiger partial charge in [-0.15, -0.1) is 11.3 Å². The van der Waals surface area contributed by atoms with Gasteiger partial charge >= 0.3 is 0 Å². The van der Waals surface area contributed by atoms with E-state index in [1.807, 2.05) is 17.1 Å². The topological polar surface area (TPSA) is 56.7 Å². The molecule has 0 spiro atoms. The van der Waals surface area contributed by atoms with Crippen LogP contribution in [-0.2, 0) is 13.5 Å². The van der Waals surface area contributed by atoms with Crippen molar-refractivity contribution in [3.63, 3.8) is 0 Å². The summed E-state index contributed by atoms with van der Waals surface area (Å²) in [5.41, 5.74) is 8.59. The highest BCUT2D eigenvalue weighted by molar-refractivity contribution is 7.13. The van der Waals surface area contributed by atoms with Gasteiger partial charge in [-0.2, -0.15) is 5.10 Å². The van der Waals surface area contributed by atoms with Crippen molar-refractivity contribution in [3.8, 4) is 11.4 Å². The molecule has 0 unspecified atom stereocenters. The average Bonchev–Trinajstić information content (AvgIpc) is 2.71.